The Bertz CT molecular complexity index is 1180. The van der Waals surface area contributed by atoms with Gasteiger partial charge in [0.25, 0.3) is 0 Å². The molecule has 0 fully saturated rings. The number of hydrogen-bond donors (Lipinski definition) is 0. The zero-order chi connectivity index (χ0) is 23.2. The number of hydrogen-bond acceptors (Lipinski definition) is 5. The molecule has 0 bridgehead atoms. The largest absolute Gasteiger partial charge is 0.295 e. The number of rotatable bonds is 9. The monoisotopic (exact) mass is 477 g/mol. The highest BCUT2D eigenvalue weighted by atomic mass is 35.5. The molecule has 0 aliphatic heterocycles. The average Bonchev–Trinajstić information content (AvgIpc) is 3.21. The van der Waals surface area contributed by atoms with Gasteiger partial charge in [-0.15, -0.1) is 10.2 Å². The van der Waals surface area contributed by atoms with Crippen LogP contribution < -0.4 is 0 Å². The molecule has 0 amide bonds. The second-order valence-electron chi connectivity index (χ2n) is 8.43. The maximum absolute atomic E-state index is 6.31. The zero-order valence-electron chi connectivity index (χ0n) is 19.1. The summed E-state index contributed by atoms with van der Waals surface area (Å²) in [7, 11) is 2.11. The summed E-state index contributed by atoms with van der Waals surface area (Å²) < 4.78 is 2.11. The van der Waals surface area contributed by atoms with Crippen LogP contribution >= 0.6 is 23.4 Å². The van der Waals surface area contributed by atoms with Crippen molar-refractivity contribution in [3.05, 3.63) is 101 Å². The van der Waals surface area contributed by atoms with Gasteiger partial charge in [0.05, 0.1) is 12.2 Å². The molecule has 4 aromatic rings. The molecule has 5 nitrogen and oxygen atoms in total. The van der Waals surface area contributed by atoms with Crippen molar-refractivity contribution in [2.45, 2.75) is 43.8 Å². The van der Waals surface area contributed by atoms with E-state index in [-0.39, 0.29) is 0 Å². The standard InChI is InChI=1S/C26H28ClN5S/c1-19(2)22-9-7-20(8-10-22)16-31(3)17-25-29-30-26(33-18-21-11-13-28-14-12-21)32(25)24-6-4-5-23(27)15-24/h4-15,19H,16-18H2,1-3H3. The van der Waals surface area contributed by atoms with Crippen LogP contribution in [-0.4, -0.2) is 31.7 Å². The molecule has 33 heavy (non-hydrogen) atoms. The summed E-state index contributed by atoms with van der Waals surface area (Å²) in [5, 5.41) is 10.6. The highest BCUT2D eigenvalue weighted by Gasteiger charge is 2.17. The predicted molar refractivity (Wildman–Crippen MR) is 136 cm³/mol. The van der Waals surface area contributed by atoms with Crippen LogP contribution in [0.3, 0.4) is 0 Å². The van der Waals surface area contributed by atoms with Crippen LogP contribution in [0.15, 0.2) is 78.2 Å². The number of halogens is 1. The SMILES string of the molecule is CC(C)c1ccc(CN(C)Cc2nnc(SCc3ccncc3)n2-c2cccc(Cl)c2)cc1. The Morgan fingerprint density at radius 2 is 1.70 bits per heavy atom. The Balaban J connectivity index is 1.54. The van der Waals surface area contributed by atoms with Gasteiger partial charge < -0.3 is 0 Å². The Hall–Kier alpha value is -2.67. The lowest BCUT2D eigenvalue weighted by Crippen LogP contribution is -2.20. The fourth-order valence-corrected chi connectivity index (χ4v) is 4.73. The molecular weight excluding hydrogens is 450 g/mol. The second-order valence-corrected chi connectivity index (χ2v) is 9.81. The van der Waals surface area contributed by atoms with Crippen molar-refractivity contribution < 1.29 is 0 Å². The summed E-state index contributed by atoms with van der Waals surface area (Å²) in [4.78, 5) is 6.35. The first-order valence-corrected chi connectivity index (χ1v) is 12.4. The summed E-state index contributed by atoms with van der Waals surface area (Å²) >= 11 is 7.97. The van der Waals surface area contributed by atoms with E-state index in [1.807, 2.05) is 48.8 Å². The molecule has 0 saturated carbocycles. The first-order valence-electron chi connectivity index (χ1n) is 11.0. The first kappa shape index (κ1) is 23.5. The third-order valence-corrected chi connectivity index (χ3v) is 6.63. The van der Waals surface area contributed by atoms with E-state index in [4.69, 9.17) is 11.6 Å². The molecule has 0 radical (unpaired) electrons. The molecule has 2 aromatic carbocycles. The number of thioether (sulfide) groups is 1. The van der Waals surface area contributed by atoms with E-state index < -0.39 is 0 Å². The second kappa shape index (κ2) is 11.0. The van der Waals surface area contributed by atoms with E-state index in [2.05, 4.69) is 69.8 Å². The number of benzene rings is 2. The van der Waals surface area contributed by atoms with E-state index in [0.717, 1.165) is 29.0 Å². The van der Waals surface area contributed by atoms with Gasteiger partial charge in [-0.2, -0.15) is 0 Å². The summed E-state index contributed by atoms with van der Waals surface area (Å²) in [5.41, 5.74) is 4.80. The topological polar surface area (TPSA) is 46.8 Å². The molecular formula is C26H28ClN5S. The van der Waals surface area contributed by atoms with Gasteiger partial charge in [0, 0.05) is 29.7 Å². The molecule has 2 aromatic heterocycles. The Morgan fingerprint density at radius 1 is 0.939 bits per heavy atom. The fraction of sp³-hybridized carbons (Fsp3) is 0.269. The molecule has 0 spiro atoms. The van der Waals surface area contributed by atoms with Crippen LogP contribution in [0.1, 0.15) is 42.3 Å². The van der Waals surface area contributed by atoms with Crippen molar-refractivity contribution in [1.82, 2.24) is 24.6 Å². The van der Waals surface area contributed by atoms with Gasteiger partial charge >= 0.3 is 0 Å². The number of pyridine rings is 1. The number of nitrogens with zero attached hydrogens (tertiary/aromatic N) is 5. The minimum atomic E-state index is 0.538. The fourth-order valence-electron chi connectivity index (χ4n) is 3.61. The van der Waals surface area contributed by atoms with Gasteiger partial charge in [-0.3, -0.25) is 14.5 Å². The van der Waals surface area contributed by atoms with E-state index in [1.54, 1.807) is 11.8 Å². The summed E-state index contributed by atoms with van der Waals surface area (Å²) in [6, 6.07) is 20.7. The molecule has 0 N–H and O–H groups in total. The third kappa shape index (κ3) is 6.22. The van der Waals surface area contributed by atoms with E-state index in [9.17, 15) is 0 Å². The van der Waals surface area contributed by atoms with E-state index >= 15 is 0 Å². The Morgan fingerprint density at radius 3 is 2.39 bits per heavy atom. The van der Waals surface area contributed by atoms with E-state index in [0.29, 0.717) is 17.5 Å². The zero-order valence-corrected chi connectivity index (χ0v) is 20.7. The molecule has 0 aliphatic rings. The third-order valence-electron chi connectivity index (χ3n) is 5.39. The summed E-state index contributed by atoms with van der Waals surface area (Å²) in [6.45, 7) is 5.93. The maximum atomic E-state index is 6.31. The molecule has 0 unspecified atom stereocenters. The van der Waals surface area contributed by atoms with Gasteiger partial charge in [-0.05, 0) is 60.0 Å². The maximum Gasteiger partial charge on any atom is 0.196 e. The van der Waals surface area contributed by atoms with Crippen molar-refractivity contribution in [2.24, 2.45) is 0 Å². The lowest BCUT2D eigenvalue weighted by molar-refractivity contribution is 0.308. The molecule has 0 atom stereocenters. The van der Waals surface area contributed by atoms with Crippen LogP contribution in [0.2, 0.25) is 5.02 Å². The minimum absolute atomic E-state index is 0.538. The lowest BCUT2D eigenvalue weighted by atomic mass is 10.0. The van der Waals surface area contributed by atoms with E-state index in [1.165, 1.54) is 16.7 Å². The van der Waals surface area contributed by atoms with Gasteiger partial charge in [0.1, 0.15) is 0 Å². The summed E-state index contributed by atoms with van der Waals surface area (Å²) in [6.07, 6.45) is 3.62. The summed E-state index contributed by atoms with van der Waals surface area (Å²) in [5.74, 6) is 2.21. The van der Waals surface area contributed by atoms with Gasteiger partial charge in [-0.25, -0.2) is 0 Å². The molecule has 2 heterocycles. The van der Waals surface area contributed by atoms with Crippen LogP contribution in [-0.2, 0) is 18.8 Å². The van der Waals surface area contributed by atoms with Gasteiger partial charge in [0.15, 0.2) is 11.0 Å². The van der Waals surface area contributed by atoms with Gasteiger partial charge in [0.2, 0.25) is 0 Å². The van der Waals surface area contributed by atoms with Gasteiger partial charge in [-0.1, -0.05) is 67.5 Å². The highest BCUT2D eigenvalue weighted by molar-refractivity contribution is 7.98. The van der Waals surface area contributed by atoms with Crippen molar-refractivity contribution in [2.75, 3.05) is 7.05 Å². The lowest BCUT2D eigenvalue weighted by Gasteiger charge is -2.18. The molecule has 0 aliphatic carbocycles. The van der Waals surface area contributed by atoms with Crippen LogP contribution in [0.25, 0.3) is 5.69 Å². The highest BCUT2D eigenvalue weighted by Crippen LogP contribution is 2.27. The quantitative estimate of drug-likeness (QED) is 0.262. The van der Waals surface area contributed by atoms with Crippen LogP contribution in [0, 0.1) is 0 Å². The van der Waals surface area contributed by atoms with Crippen molar-refractivity contribution >= 4 is 23.4 Å². The average molecular weight is 478 g/mol. The molecule has 170 valence electrons. The minimum Gasteiger partial charge on any atom is -0.295 e. The Kier molecular flexibility index (Phi) is 7.81. The van der Waals surface area contributed by atoms with Crippen LogP contribution in [0.5, 0.6) is 0 Å². The van der Waals surface area contributed by atoms with Crippen molar-refractivity contribution in [1.29, 1.82) is 0 Å². The molecule has 4 rings (SSSR count). The predicted octanol–water partition coefficient (Wildman–Crippen LogP) is 6.36. The first-order chi connectivity index (χ1) is 16.0. The normalized spacial score (nSPS) is 11.5. The smallest absolute Gasteiger partial charge is 0.196 e. The van der Waals surface area contributed by atoms with Crippen molar-refractivity contribution in [3.8, 4) is 5.69 Å². The molecule has 0 saturated heterocycles. The van der Waals surface area contributed by atoms with Crippen LogP contribution in [0.4, 0.5) is 0 Å². The molecule has 7 heteroatoms. The number of aromatic nitrogens is 4. The van der Waals surface area contributed by atoms with Crippen molar-refractivity contribution in [3.63, 3.8) is 0 Å². The Labute approximate surface area is 204 Å².